The van der Waals surface area contributed by atoms with Gasteiger partial charge in [-0.25, -0.2) is 4.79 Å². The number of carbonyl (C=O) groups excluding carboxylic acids is 2. The highest BCUT2D eigenvalue weighted by molar-refractivity contribution is 5.69. The van der Waals surface area contributed by atoms with Crippen molar-refractivity contribution in [1.29, 1.82) is 0 Å². The van der Waals surface area contributed by atoms with Crippen molar-refractivity contribution >= 4 is 12.4 Å². The van der Waals surface area contributed by atoms with Gasteiger partial charge in [0.05, 0.1) is 0 Å². The molecular weight excluding hydrogens is 254 g/mol. The van der Waals surface area contributed by atoms with E-state index in [0.29, 0.717) is 0 Å². The minimum atomic E-state index is -0.452. The van der Waals surface area contributed by atoms with Gasteiger partial charge in [0.25, 0.3) is 0 Å². The molecule has 0 saturated heterocycles. The van der Waals surface area contributed by atoms with E-state index in [4.69, 9.17) is 4.74 Å². The zero-order valence-electron chi connectivity index (χ0n) is 11.1. The predicted molar refractivity (Wildman–Crippen MR) is 73.8 cm³/mol. The van der Waals surface area contributed by atoms with Crippen molar-refractivity contribution in [2.75, 3.05) is 0 Å². The topological polar surface area (TPSA) is 55.4 Å². The number of hydrogen-bond acceptors (Lipinski definition) is 3. The average Bonchev–Trinajstić information content (AvgIpc) is 3.07. The monoisotopic (exact) mass is 271 g/mol. The third-order valence-corrected chi connectivity index (χ3v) is 4.17. The number of hydrogen-bond donors (Lipinski definition) is 1. The molecule has 1 fully saturated rings. The summed E-state index contributed by atoms with van der Waals surface area (Å²) in [6, 6.07) is 9.41. The fraction of sp³-hybridized carbons (Fsp3) is 0.375. The molecule has 1 aromatic carbocycles. The SMILES string of the molecule is O=CC1C2C=CC(C2)C1NC(=O)OCc1ccccc1. The van der Waals surface area contributed by atoms with Gasteiger partial charge in [-0.3, -0.25) is 0 Å². The second-order valence-corrected chi connectivity index (χ2v) is 5.39. The van der Waals surface area contributed by atoms with E-state index in [0.717, 1.165) is 18.3 Å². The summed E-state index contributed by atoms with van der Waals surface area (Å²) in [7, 11) is 0. The molecule has 1 saturated carbocycles. The molecular formula is C16H17NO3. The number of nitrogens with one attached hydrogen (secondary N) is 1. The van der Waals surface area contributed by atoms with Gasteiger partial charge in [-0.2, -0.15) is 0 Å². The van der Waals surface area contributed by atoms with Crippen LogP contribution in [-0.2, 0) is 16.1 Å². The second-order valence-electron chi connectivity index (χ2n) is 5.39. The van der Waals surface area contributed by atoms with Crippen LogP contribution in [0.3, 0.4) is 0 Å². The van der Waals surface area contributed by atoms with E-state index in [1.165, 1.54) is 0 Å². The summed E-state index contributed by atoms with van der Waals surface area (Å²) in [4.78, 5) is 23.0. The van der Waals surface area contributed by atoms with Crippen LogP contribution in [0.15, 0.2) is 42.5 Å². The van der Waals surface area contributed by atoms with Crippen LogP contribution in [0.1, 0.15) is 12.0 Å². The van der Waals surface area contributed by atoms with Gasteiger partial charge in [-0.1, -0.05) is 42.5 Å². The van der Waals surface area contributed by atoms with E-state index >= 15 is 0 Å². The highest BCUT2D eigenvalue weighted by Gasteiger charge is 2.45. The summed E-state index contributed by atoms with van der Waals surface area (Å²) < 4.78 is 5.20. The molecule has 0 spiro atoms. The Hall–Kier alpha value is -2.10. The lowest BCUT2D eigenvalue weighted by Gasteiger charge is -2.24. The van der Waals surface area contributed by atoms with Crippen molar-refractivity contribution < 1.29 is 14.3 Å². The molecule has 20 heavy (non-hydrogen) atoms. The molecule has 0 aromatic heterocycles. The van der Waals surface area contributed by atoms with E-state index in [2.05, 4.69) is 17.5 Å². The largest absolute Gasteiger partial charge is 0.445 e. The Kier molecular flexibility index (Phi) is 3.54. The summed E-state index contributed by atoms with van der Waals surface area (Å²) in [5, 5.41) is 2.84. The number of allylic oxidation sites excluding steroid dienone is 1. The number of amides is 1. The van der Waals surface area contributed by atoms with Crippen LogP contribution >= 0.6 is 0 Å². The summed E-state index contributed by atoms with van der Waals surface area (Å²) >= 11 is 0. The van der Waals surface area contributed by atoms with Crippen LogP contribution in [-0.4, -0.2) is 18.4 Å². The first-order valence-electron chi connectivity index (χ1n) is 6.89. The van der Waals surface area contributed by atoms with E-state index in [1.807, 2.05) is 30.3 Å². The smallest absolute Gasteiger partial charge is 0.407 e. The second kappa shape index (κ2) is 5.49. The summed E-state index contributed by atoms with van der Waals surface area (Å²) in [5.41, 5.74) is 0.947. The van der Waals surface area contributed by atoms with Gasteiger partial charge < -0.3 is 14.8 Å². The van der Waals surface area contributed by atoms with Gasteiger partial charge in [0, 0.05) is 12.0 Å². The number of ether oxygens (including phenoxy) is 1. The molecule has 1 amide bonds. The van der Waals surface area contributed by atoms with Crippen LogP contribution in [0.5, 0.6) is 0 Å². The quantitative estimate of drug-likeness (QED) is 0.675. The Bertz CT molecular complexity index is 526. The molecule has 4 atom stereocenters. The number of rotatable bonds is 4. The summed E-state index contributed by atoms with van der Waals surface area (Å²) in [6.45, 7) is 0.245. The fourth-order valence-corrected chi connectivity index (χ4v) is 3.15. The zero-order chi connectivity index (χ0) is 13.9. The van der Waals surface area contributed by atoms with Crippen molar-refractivity contribution in [3.63, 3.8) is 0 Å². The minimum absolute atomic E-state index is 0.116. The molecule has 0 heterocycles. The predicted octanol–water partition coefficient (Wildman–Crippen LogP) is 2.30. The Morgan fingerprint density at radius 3 is 2.75 bits per heavy atom. The minimum Gasteiger partial charge on any atom is -0.445 e. The van der Waals surface area contributed by atoms with Crippen LogP contribution < -0.4 is 5.32 Å². The van der Waals surface area contributed by atoms with E-state index in [1.54, 1.807) is 0 Å². The summed E-state index contributed by atoms with van der Waals surface area (Å²) in [5.74, 6) is 0.422. The lowest BCUT2D eigenvalue weighted by molar-refractivity contribution is -0.112. The highest BCUT2D eigenvalue weighted by atomic mass is 16.5. The van der Waals surface area contributed by atoms with Crippen LogP contribution in [0.4, 0.5) is 4.79 Å². The molecule has 2 aliphatic rings. The fourth-order valence-electron chi connectivity index (χ4n) is 3.15. The maximum atomic E-state index is 11.8. The first kappa shape index (κ1) is 12.9. The molecule has 2 bridgehead atoms. The van der Waals surface area contributed by atoms with Crippen LogP contribution in [0.2, 0.25) is 0 Å². The Morgan fingerprint density at radius 2 is 2.00 bits per heavy atom. The Balaban J connectivity index is 1.54. The number of benzene rings is 1. The molecule has 1 N–H and O–H groups in total. The molecule has 0 radical (unpaired) electrons. The van der Waals surface area contributed by atoms with Crippen molar-refractivity contribution in [3.8, 4) is 0 Å². The summed E-state index contributed by atoms with van der Waals surface area (Å²) in [6.07, 6.45) is 5.62. The number of fused-ring (bicyclic) bond motifs is 2. The molecule has 1 aromatic rings. The van der Waals surface area contributed by atoms with Crippen LogP contribution in [0.25, 0.3) is 0 Å². The van der Waals surface area contributed by atoms with Crippen molar-refractivity contribution in [3.05, 3.63) is 48.0 Å². The number of carbonyl (C=O) groups is 2. The lowest BCUT2D eigenvalue weighted by atomic mass is 9.90. The third kappa shape index (κ3) is 2.46. The lowest BCUT2D eigenvalue weighted by Crippen LogP contribution is -2.43. The highest BCUT2D eigenvalue weighted by Crippen LogP contribution is 2.42. The van der Waals surface area contributed by atoms with Crippen LogP contribution in [0, 0.1) is 17.8 Å². The zero-order valence-corrected chi connectivity index (χ0v) is 11.1. The molecule has 2 aliphatic carbocycles. The third-order valence-electron chi connectivity index (χ3n) is 4.17. The Labute approximate surface area is 117 Å². The molecule has 4 nitrogen and oxygen atoms in total. The first-order valence-corrected chi connectivity index (χ1v) is 6.89. The van der Waals surface area contributed by atoms with Gasteiger partial charge in [-0.05, 0) is 23.8 Å². The van der Waals surface area contributed by atoms with Gasteiger partial charge in [0.1, 0.15) is 12.9 Å². The first-order chi connectivity index (χ1) is 9.78. The van der Waals surface area contributed by atoms with Gasteiger partial charge in [-0.15, -0.1) is 0 Å². The molecule has 0 aliphatic heterocycles. The van der Waals surface area contributed by atoms with E-state index < -0.39 is 6.09 Å². The standard InChI is InChI=1S/C16H17NO3/c18-9-14-12-6-7-13(8-12)15(14)17-16(19)20-10-11-4-2-1-3-5-11/h1-7,9,12-15H,8,10H2,(H,17,19). The number of aldehydes is 1. The van der Waals surface area contributed by atoms with E-state index in [9.17, 15) is 9.59 Å². The molecule has 104 valence electrons. The maximum Gasteiger partial charge on any atom is 0.407 e. The van der Waals surface area contributed by atoms with Crippen molar-refractivity contribution in [1.82, 2.24) is 5.32 Å². The van der Waals surface area contributed by atoms with Crippen molar-refractivity contribution in [2.24, 2.45) is 17.8 Å². The van der Waals surface area contributed by atoms with Gasteiger partial charge in [0.15, 0.2) is 0 Å². The normalized spacial score (nSPS) is 30.2. The van der Waals surface area contributed by atoms with E-state index in [-0.39, 0.29) is 30.4 Å². The average molecular weight is 271 g/mol. The van der Waals surface area contributed by atoms with Gasteiger partial charge in [0.2, 0.25) is 0 Å². The molecule has 4 unspecified atom stereocenters. The Morgan fingerprint density at radius 1 is 1.25 bits per heavy atom. The van der Waals surface area contributed by atoms with Crippen molar-refractivity contribution in [2.45, 2.75) is 19.1 Å². The molecule has 4 heteroatoms. The van der Waals surface area contributed by atoms with Gasteiger partial charge >= 0.3 is 6.09 Å². The number of alkyl carbamates (subject to hydrolysis) is 1. The maximum absolute atomic E-state index is 11.8. The molecule has 3 rings (SSSR count).